The molecule has 0 saturated heterocycles. The van der Waals surface area contributed by atoms with Gasteiger partial charge in [-0.3, -0.25) is 14.5 Å². The van der Waals surface area contributed by atoms with Crippen molar-refractivity contribution in [1.82, 2.24) is 14.8 Å². The third-order valence-corrected chi connectivity index (χ3v) is 5.27. The number of nitrogens with zero attached hydrogens (tertiary/aromatic N) is 3. The largest absolute Gasteiger partial charge is 0.323 e. The molecule has 3 N–H and O–H groups in total. The number of aromatic nitrogens is 3. The van der Waals surface area contributed by atoms with E-state index < -0.39 is 6.04 Å². The third-order valence-electron chi connectivity index (χ3n) is 5.27. The van der Waals surface area contributed by atoms with E-state index in [0.717, 1.165) is 48.6 Å². The van der Waals surface area contributed by atoms with Gasteiger partial charge >= 0.3 is 0 Å². The Morgan fingerprint density at radius 3 is 2.56 bits per heavy atom. The zero-order chi connectivity index (χ0) is 18.0. The van der Waals surface area contributed by atoms with E-state index in [0.29, 0.717) is 5.69 Å². The summed E-state index contributed by atoms with van der Waals surface area (Å²) in [6.07, 6.45) is 7.88. The second-order valence-electron chi connectivity index (χ2n) is 7.27. The molecule has 6 nitrogen and oxygen atoms in total. The van der Waals surface area contributed by atoms with Gasteiger partial charge in [0.2, 0.25) is 5.91 Å². The lowest BCUT2D eigenvalue weighted by molar-refractivity contribution is -0.118. The van der Waals surface area contributed by atoms with Crippen LogP contribution in [0.1, 0.15) is 38.2 Å². The number of nitrogens with two attached hydrogens (primary N) is 1. The van der Waals surface area contributed by atoms with Gasteiger partial charge in [0.15, 0.2) is 0 Å². The lowest BCUT2D eigenvalue weighted by Gasteiger charge is -2.29. The molecule has 1 fully saturated rings. The van der Waals surface area contributed by atoms with Crippen molar-refractivity contribution in [2.24, 2.45) is 24.6 Å². The average Bonchev–Trinajstić information content (AvgIpc) is 2.94. The van der Waals surface area contributed by atoms with Crippen LogP contribution in [0.4, 0.5) is 5.69 Å². The van der Waals surface area contributed by atoms with E-state index in [2.05, 4.69) is 22.3 Å². The molecule has 1 aliphatic carbocycles. The normalized spacial score (nSPS) is 21.8. The van der Waals surface area contributed by atoms with Gasteiger partial charge in [-0.2, -0.15) is 5.10 Å². The minimum atomic E-state index is -0.452. The number of aryl methyl sites for hydroxylation is 2. The zero-order valence-corrected chi connectivity index (χ0v) is 15.2. The molecule has 0 aliphatic heterocycles. The van der Waals surface area contributed by atoms with E-state index in [1.807, 2.05) is 32.3 Å². The van der Waals surface area contributed by atoms with Gasteiger partial charge in [0.25, 0.3) is 0 Å². The molecule has 0 bridgehead atoms. The molecule has 2 aromatic rings. The summed E-state index contributed by atoms with van der Waals surface area (Å²) in [6.45, 7) is 4.27. The zero-order valence-electron chi connectivity index (χ0n) is 15.2. The molecule has 1 saturated carbocycles. The van der Waals surface area contributed by atoms with Gasteiger partial charge in [0.05, 0.1) is 35.5 Å². The first-order chi connectivity index (χ1) is 12.0. The predicted octanol–water partition coefficient (Wildman–Crippen LogP) is 2.88. The summed E-state index contributed by atoms with van der Waals surface area (Å²) in [6, 6.07) is 3.31. The Kier molecular flexibility index (Phi) is 5.18. The van der Waals surface area contributed by atoms with E-state index >= 15 is 0 Å². The summed E-state index contributed by atoms with van der Waals surface area (Å²) < 4.78 is 1.80. The first kappa shape index (κ1) is 17.6. The summed E-state index contributed by atoms with van der Waals surface area (Å²) in [5, 5.41) is 7.14. The number of hydrogen-bond donors (Lipinski definition) is 2. The van der Waals surface area contributed by atoms with Gasteiger partial charge in [-0.25, -0.2) is 0 Å². The van der Waals surface area contributed by atoms with Crippen LogP contribution in [0.2, 0.25) is 0 Å². The van der Waals surface area contributed by atoms with Crippen molar-refractivity contribution in [1.29, 1.82) is 0 Å². The topological polar surface area (TPSA) is 85.8 Å². The molecule has 1 atom stereocenters. The van der Waals surface area contributed by atoms with E-state index in [1.54, 1.807) is 10.9 Å². The van der Waals surface area contributed by atoms with Crippen LogP contribution in [0.15, 0.2) is 24.5 Å². The van der Waals surface area contributed by atoms with E-state index in [4.69, 9.17) is 5.73 Å². The third kappa shape index (κ3) is 3.90. The van der Waals surface area contributed by atoms with Crippen LogP contribution in [-0.2, 0) is 11.8 Å². The van der Waals surface area contributed by atoms with Crippen LogP contribution in [0.3, 0.4) is 0 Å². The van der Waals surface area contributed by atoms with Gasteiger partial charge in [0, 0.05) is 7.05 Å². The molecule has 2 aromatic heterocycles. The fraction of sp³-hybridized carbons (Fsp3) is 0.526. The van der Waals surface area contributed by atoms with E-state index in [-0.39, 0.29) is 11.8 Å². The molecule has 1 unspecified atom stereocenters. The molecule has 1 aliphatic rings. The Morgan fingerprint density at radius 1 is 1.28 bits per heavy atom. The van der Waals surface area contributed by atoms with Crippen LogP contribution in [0.25, 0.3) is 11.4 Å². The smallest absolute Gasteiger partial charge is 0.241 e. The number of pyridine rings is 1. The highest BCUT2D eigenvalue weighted by Crippen LogP contribution is 2.30. The number of amides is 1. The Labute approximate surface area is 148 Å². The minimum Gasteiger partial charge on any atom is -0.323 e. The minimum absolute atomic E-state index is 0.120. The molecule has 6 heteroatoms. The summed E-state index contributed by atoms with van der Waals surface area (Å²) in [5.74, 6) is 0.907. The van der Waals surface area contributed by atoms with Crippen molar-refractivity contribution in [3.05, 3.63) is 30.1 Å². The average molecular weight is 341 g/mol. The Bertz CT molecular complexity index is 709. The van der Waals surface area contributed by atoms with Crippen molar-refractivity contribution in [2.75, 3.05) is 5.32 Å². The van der Waals surface area contributed by atoms with Crippen molar-refractivity contribution in [3.8, 4) is 11.4 Å². The summed E-state index contributed by atoms with van der Waals surface area (Å²) in [4.78, 5) is 16.9. The Morgan fingerprint density at radius 2 is 2.00 bits per heavy atom. The van der Waals surface area contributed by atoms with Crippen molar-refractivity contribution >= 4 is 11.6 Å². The molecule has 3 rings (SSSR count). The predicted molar refractivity (Wildman–Crippen MR) is 98.9 cm³/mol. The molecule has 2 heterocycles. The number of carbonyl (C=O) groups excluding carboxylic acids is 1. The fourth-order valence-electron chi connectivity index (χ4n) is 3.61. The van der Waals surface area contributed by atoms with Crippen molar-refractivity contribution < 1.29 is 4.79 Å². The molecule has 134 valence electrons. The lowest BCUT2D eigenvalue weighted by Crippen LogP contribution is -2.43. The monoisotopic (exact) mass is 341 g/mol. The maximum Gasteiger partial charge on any atom is 0.241 e. The molecule has 1 amide bonds. The van der Waals surface area contributed by atoms with Crippen LogP contribution in [-0.4, -0.2) is 26.7 Å². The van der Waals surface area contributed by atoms with E-state index in [1.165, 1.54) is 0 Å². The standard InChI is InChI=1S/C19H27N5O/c1-12-4-6-14(7-5-12)17(20)19(25)23-15-8-9-16(21-11-15)18-13(2)10-22-24(18)3/h8-12,14,17H,4-7,20H2,1-3H3,(H,23,25). The highest BCUT2D eigenvalue weighted by Gasteiger charge is 2.28. The Hall–Kier alpha value is -2.21. The molecular formula is C19H27N5O. The van der Waals surface area contributed by atoms with Crippen LogP contribution < -0.4 is 11.1 Å². The maximum absolute atomic E-state index is 12.4. The first-order valence-corrected chi connectivity index (χ1v) is 8.97. The summed E-state index contributed by atoms with van der Waals surface area (Å²) >= 11 is 0. The quantitative estimate of drug-likeness (QED) is 0.895. The van der Waals surface area contributed by atoms with Crippen LogP contribution in [0, 0.1) is 18.8 Å². The Balaban J connectivity index is 1.64. The van der Waals surface area contributed by atoms with Crippen molar-refractivity contribution in [2.45, 2.75) is 45.6 Å². The van der Waals surface area contributed by atoms with Gasteiger partial charge in [-0.15, -0.1) is 0 Å². The SMILES string of the molecule is Cc1cnn(C)c1-c1ccc(NC(=O)C(N)C2CCC(C)CC2)cn1. The van der Waals surface area contributed by atoms with Gasteiger partial charge in [-0.05, 0) is 49.3 Å². The number of rotatable bonds is 4. The van der Waals surface area contributed by atoms with Gasteiger partial charge in [-0.1, -0.05) is 19.8 Å². The second-order valence-corrected chi connectivity index (χ2v) is 7.27. The number of hydrogen-bond acceptors (Lipinski definition) is 4. The summed E-state index contributed by atoms with van der Waals surface area (Å²) in [5.41, 5.74) is 9.74. The molecule has 0 spiro atoms. The lowest BCUT2D eigenvalue weighted by atomic mass is 9.79. The number of nitrogens with one attached hydrogen (secondary N) is 1. The number of anilines is 1. The first-order valence-electron chi connectivity index (χ1n) is 8.97. The number of carbonyl (C=O) groups is 1. The molecule has 0 radical (unpaired) electrons. The molecule has 25 heavy (non-hydrogen) atoms. The molecular weight excluding hydrogens is 314 g/mol. The highest BCUT2D eigenvalue weighted by atomic mass is 16.2. The fourth-order valence-corrected chi connectivity index (χ4v) is 3.61. The summed E-state index contributed by atoms with van der Waals surface area (Å²) in [7, 11) is 1.89. The van der Waals surface area contributed by atoms with Crippen molar-refractivity contribution in [3.63, 3.8) is 0 Å². The van der Waals surface area contributed by atoms with Crippen LogP contribution >= 0.6 is 0 Å². The highest BCUT2D eigenvalue weighted by molar-refractivity contribution is 5.94. The van der Waals surface area contributed by atoms with Gasteiger partial charge in [0.1, 0.15) is 0 Å². The molecule has 0 aromatic carbocycles. The van der Waals surface area contributed by atoms with Gasteiger partial charge < -0.3 is 11.1 Å². The maximum atomic E-state index is 12.4. The second kappa shape index (κ2) is 7.35. The van der Waals surface area contributed by atoms with E-state index in [9.17, 15) is 4.79 Å². The van der Waals surface area contributed by atoms with Crippen LogP contribution in [0.5, 0.6) is 0 Å².